The van der Waals surface area contributed by atoms with Crippen molar-refractivity contribution >= 4 is 40.4 Å². The Kier molecular flexibility index (Phi) is 5.18. The van der Waals surface area contributed by atoms with E-state index >= 15 is 0 Å². The molecule has 3 aromatic rings. The monoisotopic (exact) mass is 416 g/mol. The van der Waals surface area contributed by atoms with Crippen molar-refractivity contribution in [1.29, 1.82) is 0 Å². The number of rotatable bonds is 4. The molecule has 150 valence electrons. The summed E-state index contributed by atoms with van der Waals surface area (Å²) in [6.07, 6.45) is 0. The van der Waals surface area contributed by atoms with E-state index in [9.17, 15) is 9.59 Å². The molecule has 3 aromatic carbocycles. The molecule has 30 heavy (non-hydrogen) atoms. The topological polar surface area (TPSA) is 49.4 Å². The van der Waals surface area contributed by atoms with Gasteiger partial charge in [-0.2, -0.15) is 0 Å². The summed E-state index contributed by atoms with van der Waals surface area (Å²) in [7, 11) is 0. The fourth-order valence-electron chi connectivity index (χ4n) is 3.59. The van der Waals surface area contributed by atoms with Crippen molar-refractivity contribution in [2.45, 2.75) is 20.8 Å². The molecule has 0 unspecified atom stereocenters. The maximum Gasteiger partial charge on any atom is 0.282 e. The third-order valence-electron chi connectivity index (χ3n) is 5.13. The Bertz CT molecular complexity index is 1180. The van der Waals surface area contributed by atoms with E-state index < -0.39 is 0 Å². The van der Waals surface area contributed by atoms with Gasteiger partial charge in [-0.1, -0.05) is 59.1 Å². The number of carbonyl (C=O) groups is 2. The SMILES string of the molecule is Cc1ccc(NC2=C(c3ccc(Cl)cc3)C(=O)N(c3ccc(C)cc3C)C2=O)cc1. The van der Waals surface area contributed by atoms with Gasteiger partial charge in [0, 0.05) is 10.7 Å². The Labute approximate surface area is 180 Å². The van der Waals surface area contributed by atoms with Gasteiger partial charge >= 0.3 is 0 Å². The van der Waals surface area contributed by atoms with E-state index in [4.69, 9.17) is 11.6 Å². The summed E-state index contributed by atoms with van der Waals surface area (Å²) in [5.74, 6) is -0.735. The van der Waals surface area contributed by atoms with Gasteiger partial charge in [0.05, 0.1) is 11.3 Å². The molecular weight excluding hydrogens is 396 g/mol. The number of nitrogens with zero attached hydrogens (tertiary/aromatic N) is 1. The first-order valence-corrected chi connectivity index (χ1v) is 10.0. The highest BCUT2D eigenvalue weighted by Crippen LogP contribution is 2.35. The smallest absolute Gasteiger partial charge is 0.282 e. The molecule has 0 aliphatic carbocycles. The van der Waals surface area contributed by atoms with Crippen molar-refractivity contribution in [1.82, 2.24) is 0 Å². The van der Waals surface area contributed by atoms with Crippen LogP contribution in [0, 0.1) is 20.8 Å². The van der Waals surface area contributed by atoms with Gasteiger partial charge in [-0.15, -0.1) is 0 Å². The van der Waals surface area contributed by atoms with Crippen LogP contribution in [0.4, 0.5) is 11.4 Å². The number of anilines is 2. The van der Waals surface area contributed by atoms with Crippen LogP contribution in [0.3, 0.4) is 0 Å². The molecule has 0 radical (unpaired) electrons. The zero-order chi connectivity index (χ0) is 21.4. The molecule has 4 nitrogen and oxygen atoms in total. The predicted octanol–water partition coefficient (Wildman–Crippen LogP) is 5.66. The lowest BCUT2D eigenvalue weighted by molar-refractivity contribution is -0.120. The highest BCUT2D eigenvalue weighted by atomic mass is 35.5. The number of halogens is 1. The van der Waals surface area contributed by atoms with Crippen LogP contribution in [0.5, 0.6) is 0 Å². The number of hydrogen-bond donors (Lipinski definition) is 1. The van der Waals surface area contributed by atoms with Crippen molar-refractivity contribution in [3.05, 3.63) is 99.7 Å². The second-order valence-electron chi connectivity index (χ2n) is 7.48. The number of aryl methyl sites for hydroxylation is 3. The fourth-order valence-corrected chi connectivity index (χ4v) is 3.71. The lowest BCUT2D eigenvalue weighted by atomic mass is 10.0. The van der Waals surface area contributed by atoms with Crippen molar-refractivity contribution in [3.63, 3.8) is 0 Å². The largest absolute Gasteiger partial charge is 0.350 e. The zero-order valence-electron chi connectivity index (χ0n) is 17.0. The number of amides is 2. The fraction of sp³-hybridized carbons (Fsp3) is 0.120. The maximum absolute atomic E-state index is 13.5. The van der Waals surface area contributed by atoms with Crippen LogP contribution in [0.2, 0.25) is 5.02 Å². The summed E-state index contributed by atoms with van der Waals surface area (Å²) in [5, 5.41) is 3.74. The number of imide groups is 1. The molecule has 0 bridgehead atoms. The van der Waals surface area contributed by atoms with Crippen LogP contribution >= 0.6 is 11.6 Å². The van der Waals surface area contributed by atoms with Crippen LogP contribution in [-0.4, -0.2) is 11.8 Å². The molecular formula is C25H21ClN2O2. The highest BCUT2D eigenvalue weighted by molar-refractivity contribution is 6.46. The third kappa shape index (κ3) is 3.62. The summed E-state index contributed by atoms with van der Waals surface area (Å²) >= 11 is 6.03. The van der Waals surface area contributed by atoms with Gasteiger partial charge < -0.3 is 5.32 Å². The van der Waals surface area contributed by atoms with E-state index in [1.165, 1.54) is 4.90 Å². The van der Waals surface area contributed by atoms with Crippen LogP contribution < -0.4 is 10.2 Å². The minimum atomic E-state index is -0.377. The average molecular weight is 417 g/mol. The second kappa shape index (κ2) is 7.81. The van der Waals surface area contributed by atoms with E-state index in [-0.39, 0.29) is 17.5 Å². The van der Waals surface area contributed by atoms with Gasteiger partial charge in [0.2, 0.25) is 0 Å². The first-order valence-electron chi connectivity index (χ1n) is 9.65. The molecule has 0 spiro atoms. The van der Waals surface area contributed by atoms with E-state index in [1.54, 1.807) is 24.3 Å². The van der Waals surface area contributed by atoms with Crippen LogP contribution in [0.15, 0.2) is 72.4 Å². The van der Waals surface area contributed by atoms with E-state index in [0.717, 1.165) is 22.4 Å². The van der Waals surface area contributed by atoms with E-state index in [0.29, 0.717) is 21.8 Å². The summed E-state index contributed by atoms with van der Waals surface area (Å²) in [5.41, 5.74) is 5.60. The molecule has 1 heterocycles. The summed E-state index contributed by atoms with van der Waals surface area (Å²) in [6, 6.07) is 20.3. The molecule has 5 heteroatoms. The van der Waals surface area contributed by atoms with Gasteiger partial charge in [0.1, 0.15) is 5.70 Å². The molecule has 0 saturated heterocycles. The standard InChI is InChI=1S/C25H21ClN2O2/c1-15-4-11-20(12-5-15)27-23-22(18-7-9-19(26)10-8-18)24(29)28(25(23)30)21-13-6-16(2)14-17(21)3/h4-14,27H,1-3H3. The Morgan fingerprint density at radius 2 is 1.40 bits per heavy atom. The Morgan fingerprint density at radius 3 is 2.03 bits per heavy atom. The zero-order valence-corrected chi connectivity index (χ0v) is 17.7. The second-order valence-corrected chi connectivity index (χ2v) is 7.92. The molecule has 0 saturated carbocycles. The number of carbonyl (C=O) groups excluding carboxylic acids is 2. The number of benzene rings is 3. The first kappa shape index (κ1) is 19.9. The Morgan fingerprint density at radius 1 is 0.767 bits per heavy atom. The first-order chi connectivity index (χ1) is 14.3. The minimum Gasteiger partial charge on any atom is -0.350 e. The molecule has 0 fully saturated rings. The van der Waals surface area contributed by atoms with Crippen molar-refractivity contribution in [3.8, 4) is 0 Å². The minimum absolute atomic E-state index is 0.256. The van der Waals surface area contributed by atoms with Crippen molar-refractivity contribution in [2.24, 2.45) is 0 Å². The lowest BCUT2D eigenvalue weighted by Crippen LogP contribution is -2.33. The quantitative estimate of drug-likeness (QED) is 0.558. The Hall–Kier alpha value is -3.37. The summed E-state index contributed by atoms with van der Waals surface area (Å²) < 4.78 is 0. The van der Waals surface area contributed by atoms with E-state index in [1.807, 2.05) is 63.2 Å². The molecule has 1 aliphatic rings. The maximum atomic E-state index is 13.5. The normalized spacial score (nSPS) is 13.9. The lowest BCUT2D eigenvalue weighted by Gasteiger charge is -2.18. The number of hydrogen-bond acceptors (Lipinski definition) is 3. The van der Waals surface area contributed by atoms with Crippen LogP contribution in [0.1, 0.15) is 22.3 Å². The summed E-state index contributed by atoms with van der Waals surface area (Å²) in [6.45, 7) is 5.87. The molecule has 1 aliphatic heterocycles. The van der Waals surface area contributed by atoms with Gasteiger partial charge in [0.25, 0.3) is 11.8 Å². The van der Waals surface area contributed by atoms with Gasteiger partial charge in [-0.25, -0.2) is 4.90 Å². The van der Waals surface area contributed by atoms with Crippen molar-refractivity contribution in [2.75, 3.05) is 10.2 Å². The van der Waals surface area contributed by atoms with Crippen LogP contribution in [0.25, 0.3) is 5.57 Å². The van der Waals surface area contributed by atoms with Gasteiger partial charge in [-0.05, 0) is 62.2 Å². The number of nitrogens with one attached hydrogen (secondary N) is 1. The van der Waals surface area contributed by atoms with E-state index in [2.05, 4.69) is 5.32 Å². The predicted molar refractivity (Wildman–Crippen MR) is 122 cm³/mol. The molecule has 4 rings (SSSR count). The third-order valence-corrected chi connectivity index (χ3v) is 5.38. The highest BCUT2D eigenvalue weighted by Gasteiger charge is 2.40. The average Bonchev–Trinajstić information content (AvgIpc) is 2.95. The van der Waals surface area contributed by atoms with Gasteiger partial charge in [-0.3, -0.25) is 9.59 Å². The van der Waals surface area contributed by atoms with Gasteiger partial charge in [0.15, 0.2) is 0 Å². The summed E-state index contributed by atoms with van der Waals surface area (Å²) in [4.78, 5) is 28.1. The molecule has 2 amide bonds. The molecule has 1 N–H and O–H groups in total. The van der Waals surface area contributed by atoms with Crippen LogP contribution in [-0.2, 0) is 9.59 Å². The van der Waals surface area contributed by atoms with Crippen molar-refractivity contribution < 1.29 is 9.59 Å². The molecule has 0 aromatic heterocycles. The Balaban J connectivity index is 1.83. The molecule has 0 atom stereocenters.